The molecule has 0 aliphatic rings. The summed E-state index contributed by atoms with van der Waals surface area (Å²) in [6.07, 6.45) is 4.89. The summed E-state index contributed by atoms with van der Waals surface area (Å²) in [7, 11) is 0. The minimum atomic E-state index is -0.419. The Morgan fingerprint density at radius 3 is 2.68 bits per heavy atom. The smallest absolute Gasteiger partial charge is 0.0946 e. The van der Waals surface area contributed by atoms with Crippen LogP contribution in [0.1, 0.15) is 19.4 Å². The minimum absolute atomic E-state index is 0.0362. The zero-order valence-electron chi connectivity index (χ0n) is 13.5. The molecule has 4 nitrogen and oxygen atoms in total. The highest BCUT2D eigenvalue weighted by Gasteiger charge is 2.19. The molecule has 2 N–H and O–H groups in total. The molecule has 5 heteroatoms. The van der Waals surface area contributed by atoms with Crippen molar-refractivity contribution < 1.29 is 5.11 Å². The third kappa shape index (κ3) is 5.83. The number of aromatic nitrogens is 2. The third-order valence-electron chi connectivity index (χ3n) is 3.42. The van der Waals surface area contributed by atoms with Gasteiger partial charge in [0, 0.05) is 35.1 Å². The van der Waals surface area contributed by atoms with Crippen LogP contribution >= 0.6 is 11.8 Å². The van der Waals surface area contributed by atoms with Gasteiger partial charge in [-0.15, -0.1) is 11.8 Å². The predicted molar refractivity (Wildman–Crippen MR) is 92.2 cm³/mol. The molecule has 0 radical (unpaired) electrons. The Kier molecular flexibility index (Phi) is 6.06. The fourth-order valence-electron chi connectivity index (χ4n) is 2.05. The fraction of sp³-hybridized carbons (Fsp3) is 0.471. The second-order valence-electron chi connectivity index (χ2n) is 6.28. The lowest BCUT2D eigenvalue weighted by atomic mass is 10.1. The van der Waals surface area contributed by atoms with Crippen LogP contribution in [0.3, 0.4) is 0 Å². The Balaban J connectivity index is 1.74. The van der Waals surface area contributed by atoms with Crippen LogP contribution in [0.4, 0.5) is 0 Å². The predicted octanol–water partition coefficient (Wildman–Crippen LogP) is 2.71. The maximum atomic E-state index is 10.1. The van der Waals surface area contributed by atoms with Crippen molar-refractivity contribution in [2.75, 3.05) is 12.3 Å². The van der Waals surface area contributed by atoms with Gasteiger partial charge in [-0.3, -0.25) is 0 Å². The number of nitrogens with one attached hydrogen (secondary N) is 1. The van der Waals surface area contributed by atoms with Crippen molar-refractivity contribution in [3.05, 3.63) is 48.5 Å². The maximum Gasteiger partial charge on any atom is 0.0946 e. The summed E-state index contributed by atoms with van der Waals surface area (Å²) < 4.78 is 1.89. The van der Waals surface area contributed by atoms with E-state index >= 15 is 0 Å². The number of imidazole rings is 1. The van der Waals surface area contributed by atoms with E-state index in [1.807, 2.05) is 22.5 Å². The van der Waals surface area contributed by atoms with Crippen molar-refractivity contribution >= 4 is 11.8 Å². The molecule has 1 atom stereocenters. The Bertz CT molecular complexity index is 552. The summed E-state index contributed by atoms with van der Waals surface area (Å²) in [6.45, 7) is 7.56. The number of rotatable bonds is 8. The van der Waals surface area contributed by atoms with E-state index in [-0.39, 0.29) is 5.54 Å². The van der Waals surface area contributed by atoms with E-state index in [4.69, 9.17) is 0 Å². The van der Waals surface area contributed by atoms with Gasteiger partial charge >= 0.3 is 0 Å². The molecule has 1 aromatic carbocycles. The highest BCUT2D eigenvalue weighted by molar-refractivity contribution is 7.99. The first-order valence-electron chi connectivity index (χ1n) is 7.53. The van der Waals surface area contributed by atoms with Gasteiger partial charge in [-0.25, -0.2) is 4.98 Å². The Labute approximate surface area is 137 Å². The number of aryl methyl sites for hydroxylation is 1. The van der Waals surface area contributed by atoms with Gasteiger partial charge in [-0.2, -0.15) is 0 Å². The SMILES string of the molecule is Cc1ccc(SCC(C)(C)NCC(O)Cn2ccnc2)cc1. The molecule has 0 amide bonds. The summed E-state index contributed by atoms with van der Waals surface area (Å²) in [6, 6.07) is 8.59. The van der Waals surface area contributed by atoms with Crippen LogP contribution in [0, 0.1) is 6.92 Å². The van der Waals surface area contributed by atoms with Gasteiger partial charge in [0.05, 0.1) is 19.0 Å². The minimum Gasteiger partial charge on any atom is -0.390 e. The van der Waals surface area contributed by atoms with Crippen LogP contribution in [-0.2, 0) is 6.54 Å². The number of aliphatic hydroxyl groups excluding tert-OH is 1. The first-order chi connectivity index (χ1) is 10.4. The largest absolute Gasteiger partial charge is 0.390 e. The van der Waals surface area contributed by atoms with Crippen molar-refractivity contribution in [2.45, 2.75) is 43.9 Å². The number of aliphatic hydroxyl groups is 1. The number of thioether (sulfide) groups is 1. The number of nitrogens with zero attached hydrogens (tertiary/aromatic N) is 2. The molecule has 0 spiro atoms. The van der Waals surface area contributed by atoms with Crippen molar-refractivity contribution in [2.24, 2.45) is 0 Å². The summed E-state index contributed by atoms with van der Waals surface area (Å²) in [5.74, 6) is 0.952. The van der Waals surface area contributed by atoms with Gasteiger partial charge in [0.25, 0.3) is 0 Å². The van der Waals surface area contributed by atoms with Crippen molar-refractivity contribution in [3.63, 3.8) is 0 Å². The number of benzene rings is 1. The molecule has 0 bridgehead atoms. The molecule has 0 aliphatic carbocycles. The second-order valence-corrected chi connectivity index (χ2v) is 7.33. The number of β-amino-alcohol motifs (C(OH)–C–C–N with tert-alkyl or cyclic N) is 1. The lowest BCUT2D eigenvalue weighted by Crippen LogP contribution is -2.46. The maximum absolute atomic E-state index is 10.1. The average molecular weight is 319 g/mol. The molecule has 1 aromatic heterocycles. The van der Waals surface area contributed by atoms with E-state index in [9.17, 15) is 5.11 Å². The summed E-state index contributed by atoms with van der Waals surface area (Å²) in [4.78, 5) is 5.26. The molecular formula is C17H25N3OS. The lowest BCUT2D eigenvalue weighted by molar-refractivity contribution is 0.142. The zero-order chi connectivity index (χ0) is 16.0. The van der Waals surface area contributed by atoms with E-state index in [0.717, 1.165) is 5.75 Å². The summed E-state index contributed by atoms with van der Waals surface area (Å²) in [5.41, 5.74) is 1.25. The molecular weight excluding hydrogens is 294 g/mol. The number of hydrogen-bond acceptors (Lipinski definition) is 4. The third-order valence-corrected chi connectivity index (χ3v) is 4.89. The standard InChI is InChI=1S/C17H25N3OS/c1-14-4-6-16(7-5-14)22-12-17(2,3)19-10-15(21)11-20-9-8-18-13-20/h4-9,13,15,19,21H,10-12H2,1-3H3. The van der Waals surface area contributed by atoms with Gasteiger partial charge in [-0.1, -0.05) is 17.7 Å². The molecule has 0 saturated heterocycles. The Morgan fingerprint density at radius 2 is 2.05 bits per heavy atom. The molecule has 0 fully saturated rings. The van der Waals surface area contributed by atoms with Gasteiger partial charge in [0.15, 0.2) is 0 Å². The molecule has 22 heavy (non-hydrogen) atoms. The monoisotopic (exact) mass is 319 g/mol. The Hall–Kier alpha value is -1.30. The average Bonchev–Trinajstić information content (AvgIpc) is 2.98. The van der Waals surface area contributed by atoms with Gasteiger partial charge in [0.1, 0.15) is 0 Å². The van der Waals surface area contributed by atoms with Gasteiger partial charge < -0.3 is 15.0 Å². The Morgan fingerprint density at radius 1 is 1.32 bits per heavy atom. The molecule has 1 heterocycles. The molecule has 0 aliphatic heterocycles. The quantitative estimate of drug-likeness (QED) is 0.735. The highest BCUT2D eigenvalue weighted by Crippen LogP contribution is 2.22. The molecule has 2 aromatic rings. The fourth-order valence-corrected chi connectivity index (χ4v) is 3.00. The second kappa shape index (κ2) is 7.81. The van der Waals surface area contributed by atoms with E-state index in [1.165, 1.54) is 10.5 Å². The van der Waals surface area contributed by atoms with Crippen LogP contribution < -0.4 is 5.32 Å². The molecule has 120 valence electrons. The van der Waals surface area contributed by atoms with E-state index in [0.29, 0.717) is 13.1 Å². The first kappa shape index (κ1) is 17.1. The van der Waals surface area contributed by atoms with Crippen molar-refractivity contribution in [3.8, 4) is 0 Å². The van der Waals surface area contributed by atoms with Crippen molar-refractivity contribution in [1.29, 1.82) is 0 Å². The van der Waals surface area contributed by atoms with Gasteiger partial charge in [0.2, 0.25) is 0 Å². The highest BCUT2D eigenvalue weighted by atomic mass is 32.2. The normalized spacial score (nSPS) is 13.3. The molecule has 0 saturated carbocycles. The first-order valence-corrected chi connectivity index (χ1v) is 8.51. The van der Waals surface area contributed by atoms with Crippen LogP contribution in [0.15, 0.2) is 47.9 Å². The van der Waals surface area contributed by atoms with Gasteiger partial charge in [-0.05, 0) is 32.9 Å². The van der Waals surface area contributed by atoms with Crippen molar-refractivity contribution in [1.82, 2.24) is 14.9 Å². The van der Waals surface area contributed by atoms with E-state index in [2.05, 4.69) is 55.3 Å². The summed E-state index contributed by atoms with van der Waals surface area (Å²) >= 11 is 1.83. The van der Waals surface area contributed by atoms with Crippen LogP contribution in [0.25, 0.3) is 0 Å². The van der Waals surface area contributed by atoms with E-state index < -0.39 is 6.10 Å². The molecule has 1 unspecified atom stereocenters. The van der Waals surface area contributed by atoms with Crippen LogP contribution in [0.5, 0.6) is 0 Å². The number of hydrogen-bond donors (Lipinski definition) is 2. The van der Waals surface area contributed by atoms with Crippen LogP contribution in [0.2, 0.25) is 0 Å². The molecule has 2 rings (SSSR count). The summed E-state index contributed by atoms with van der Waals surface area (Å²) in [5, 5.41) is 13.5. The zero-order valence-corrected chi connectivity index (χ0v) is 14.3. The lowest BCUT2D eigenvalue weighted by Gasteiger charge is -2.27. The topological polar surface area (TPSA) is 50.1 Å². The van der Waals surface area contributed by atoms with E-state index in [1.54, 1.807) is 12.5 Å². The van der Waals surface area contributed by atoms with Crippen LogP contribution in [-0.4, -0.2) is 38.6 Å².